The lowest BCUT2D eigenvalue weighted by Crippen LogP contribution is -2.17. The van der Waals surface area contributed by atoms with Gasteiger partial charge in [0.2, 0.25) is 0 Å². The summed E-state index contributed by atoms with van der Waals surface area (Å²) in [6.45, 7) is 2.71. The number of carbonyl (C=O) groups excluding carboxylic acids is 1. The van der Waals surface area contributed by atoms with Crippen LogP contribution >= 0.6 is 11.6 Å². The van der Waals surface area contributed by atoms with E-state index in [2.05, 4.69) is 10.5 Å². The predicted octanol–water partition coefficient (Wildman–Crippen LogP) is 5.10. The van der Waals surface area contributed by atoms with E-state index in [9.17, 15) is 4.79 Å². The number of rotatable bonds is 10. The van der Waals surface area contributed by atoms with Gasteiger partial charge in [-0.3, -0.25) is 4.79 Å². The number of hydrazone groups is 1. The first-order chi connectivity index (χ1) is 16.0. The van der Waals surface area contributed by atoms with Gasteiger partial charge in [-0.25, -0.2) is 5.43 Å². The van der Waals surface area contributed by atoms with Crippen LogP contribution in [0.15, 0.2) is 65.8 Å². The molecule has 172 valence electrons. The van der Waals surface area contributed by atoms with E-state index in [0.717, 1.165) is 5.56 Å². The molecule has 33 heavy (non-hydrogen) atoms. The number of nitrogens with zero attached hydrogens (tertiary/aromatic N) is 1. The second-order valence-corrected chi connectivity index (χ2v) is 7.21. The minimum Gasteiger partial charge on any atom is -0.493 e. The van der Waals surface area contributed by atoms with E-state index in [-0.39, 0.29) is 0 Å². The van der Waals surface area contributed by atoms with Crippen molar-refractivity contribution in [2.45, 2.75) is 13.5 Å². The van der Waals surface area contributed by atoms with Gasteiger partial charge in [-0.05, 0) is 48.4 Å². The van der Waals surface area contributed by atoms with Crippen molar-refractivity contribution in [2.24, 2.45) is 5.10 Å². The average molecular weight is 469 g/mol. The zero-order valence-corrected chi connectivity index (χ0v) is 19.4. The van der Waals surface area contributed by atoms with Crippen molar-refractivity contribution in [3.63, 3.8) is 0 Å². The van der Waals surface area contributed by atoms with Crippen LogP contribution in [0, 0.1) is 0 Å². The normalized spacial score (nSPS) is 10.7. The molecule has 0 radical (unpaired) electrons. The van der Waals surface area contributed by atoms with Gasteiger partial charge in [0.15, 0.2) is 23.0 Å². The number of nitrogens with one attached hydrogen (secondary N) is 1. The standard InChI is InChI=1S/C25H25ClN2O5/c1-4-32-24-20(26)12-18(13-23(24)31-3)15-27-28-25(29)19-10-11-21(22(14-19)30-2)33-16-17-8-6-5-7-9-17/h5-15H,4,16H2,1-3H3,(H,28,29)/b27-15+. The Bertz CT molecular complexity index is 1120. The fourth-order valence-corrected chi connectivity index (χ4v) is 3.27. The number of carbonyl (C=O) groups is 1. The SMILES string of the molecule is CCOc1c(Cl)cc(/C=N/NC(=O)c2ccc(OCc3ccccc3)c(OC)c2)cc1OC. The van der Waals surface area contributed by atoms with Crippen molar-refractivity contribution in [3.8, 4) is 23.0 Å². The van der Waals surface area contributed by atoms with Crippen LogP contribution in [0.5, 0.6) is 23.0 Å². The van der Waals surface area contributed by atoms with Crippen molar-refractivity contribution < 1.29 is 23.7 Å². The van der Waals surface area contributed by atoms with E-state index in [1.54, 1.807) is 30.3 Å². The van der Waals surface area contributed by atoms with Crippen molar-refractivity contribution in [1.82, 2.24) is 5.43 Å². The van der Waals surface area contributed by atoms with E-state index in [1.165, 1.54) is 20.4 Å². The van der Waals surface area contributed by atoms with Gasteiger partial charge in [-0.1, -0.05) is 41.9 Å². The molecule has 0 atom stereocenters. The summed E-state index contributed by atoms with van der Waals surface area (Å²) < 4.78 is 22.0. The average Bonchev–Trinajstić information content (AvgIpc) is 2.84. The molecule has 0 aliphatic carbocycles. The summed E-state index contributed by atoms with van der Waals surface area (Å²) in [6, 6.07) is 18.1. The summed E-state index contributed by atoms with van der Waals surface area (Å²) in [5.74, 6) is 1.53. The van der Waals surface area contributed by atoms with Gasteiger partial charge in [-0.2, -0.15) is 5.10 Å². The maximum Gasteiger partial charge on any atom is 0.271 e. The van der Waals surface area contributed by atoms with E-state index in [1.807, 2.05) is 37.3 Å². The molecule has 0 heterocycles. The highest BCUT2D eigenvalue weighted by Crippen LogP contribution is 2.36. The Kier molecular flexibility index (Phi) is 8.55. The summed E-state index contributed by atoms with van der Waals surface area (Å²) in [5.41, 5.74) is 4.54. The highest BCUT2D eigenvalue weighted by atomic mass is 35.5. The Balaban J connectivity index is 1.66. The number of hydrogen-bond acceptors (Lipinski definition) is 6. The molecule has 0 spiro atoms. The Morgan fingerprint density at radius 3 is 2.42 bits per heavy atom. The fourth-order valence-electron chi connectivity index (χ4n) is 2.99. The molecule has 0 unspecified atom stereocenters. The van der Waals surface area contributed by atoms with Gasteiger partial charge in [0.25, 0.3) is 5.91 Å². The van der Waals surface area contributed by atoms with Crippen LogP contribution < -0.4 is 24.4 Å². The highest BCUT2D eigenvalue weighted by molar-refractivity contribution is 6.32. The first kappa shape index (κ1) is 23.9. The van der Waals surface area contributed by atoms with Crippen LogP contribution in [-0.4, -0.2) is 32.9 Å². The van der Waals surface area contributed by atoms with Gasteiger partial charge >= 0.3 is 0 Å². The quantitative estimate of drug-likeness (QED) is 0.331. The largest absolute Gasteiger partial charge is 0.493 e. The van der Waals surface area contributed by atoms with E-state index >= 15 is 0 Å². The first-order valence-electron chi connectivity index (χ1n) is 10.2. The molecule has 0 saturated carbocycles. The molecule has 0 aliphatic rings. The summed E-state index contributed by atoms with van der Waals surface area (Å²) in [5, 5.41) is 4.40. The maximum absolute atomic E-state index is 12.5. The molecule has 1 N–H and O–H groups in total. The Morgan fingerprint density at radius 1 is 0.970 bits per heavy atom. The van der Waals surface area contributed by atoms with E-state index in [4.69, 9.17) is 30.5 Å². The van der Waals surface area contributed by atoms with Crippen LogP contribution in [0.25, 0.3) is 0 Å². The molecule has 3 aromatic rings. The Morgan fingerprint density at radius 2 is 1.73 bits per heavy atom. The van der Waals surface area contributed by atoms with Crippen molar-refractivity contribution in [3.05, 3.63) is 82.4 Å². The van der Waals surface area contributed by atoms with Crippen molar-refractivity contribution >= 4 is 23.7 Å². The molecule has 0 aromatic heterocycles. The molecule has 0 saturated heterocycles. The van der Waals surface area contributed by atoms with E-state index in [0.29, 0.717) is 52.4 Å². The summed E-state index contributed by atoms with van der Waals surface area (Å²) in [4.78, 5) is 12.5. The number of amides is 1. The zero-order chi connectivity index (χ0) is 23.6. The molecule has 8 heteroatoms. The Hall–Kier alpha value is -3.71. The topological polar surface area (TPSA) is 78.4 Å². The van der Waals surface area contributed by atoms with Gasteiger partial charge in [0.05, 0.1) is 32.1 Å². The number of benzene rings is 3. The van der Waals surface area contributed by atoms with Crippen LogP contribution in [0.2, 0.25) is 5.02 Å². The van der Waals surface area contributed by atoms with Crippen LogP contribution in [0.3, 0.4) is 0 Å². The number of halogens is 1. The molecular weight excluding hydrogens is 444 g/mol. The summed E-state index contributed by atoms with van der Waals surface area (Å²) in [7, 11) is 3.05. The van der Waals surface area contributed by atoms with Crippen molar-refractivity contribution in [2.75, 3.05) is 20.8 Å². The second-order valence-electron chi connectivity index (χ2n) is 6.81. The fraction of sp³-hybridized carbons (Fsp3) is 0.200. The Labute approximate surface area is 197 Å². The first-order valence-corrected chi connectivity index (χ1v) is 10.6. The predicted molar refractivity (Wildman–Crippen MR) is 128 cm³/mol. The third-order valence-electron chi connectivity index (χ3n) is 4.58. The minimum absolute atomic E-state index is 0.373. The molecule has 0 aliphatic heterocycles. The second kappa shape index (κ2) is 11.8. The minimum atomic E-state index is -0.400. The van der Waals surface area contributed by atoms with E-state index < -0.39 is 5.91 Å². The lowest BCUT2D eigenvalue weighted by Gasteiger charge is -2.12. The number of methoxy groups -OCH3 is 2. The van der Waals surface area contributed by atoms with Gasteiger partial charge in [0, 0.05) is 5.56 Å². The third-order valence-corrected chi connectivity index (χ3v) is 4.86. The maximum atomic E-state index is 12.5. The lowest BCUT2D eigenvalue weighted by atomic mass is 10.2. The molecule has 7 nitrogen and oxygen atoms in total. The number of hydrogen-bond donors (Lipinski definition) is 1. The van der Waals surface area contributed by atoms with Crippen LogP contribution in [0.4, 0.5) is 0 Å². The highest BCUT2D eigenvalue weighted by Gasteiger charge is 2.13. The molecule has 0 bridgehead atoms. The van der Waals surface area contributed by atoms with Crippen LogP contribution in [0.1, 0.15) is 28.4 Å². The third kappa shape index (κ3) is 6.40. The van der Waals surface area contributed by atoms with Gasteiger partial charge in [0.1, 0.15) is 6.61 Å². The molecule has 3 aromatic carbocycles. The summed E-state index contributed by atoms with van der Waals surface area (Å²) in [6.07, 6.45) is 1.47. The van der Waals surface area contributed by atoms with Crippen LogP contribution in [-0.2, 0) is 6.61 Å². The van der Waals surface area contributed by atoms with Gasteiger partial charge in [-0.15, -0.1) is 0 Å². The number of ether oxygens (including phenoxy) is 4. The zero-order valence-electron chi connectivity index (χ0n) is 18.6. The van der Waals surface area contributed by atoms with Crippen molar-refractivity contribution in [1.29, 1.82) is 0 Å². The summed E-state index contributed by atoms with van der Waals surface area (Å²) >= 11 is 6.26. The smallest absolute Gasteiger partial charge is 0.271 e. The monoisotopic (exact) mass is 468 g/mol. The van der Waals surface area contributed by atoms with Gasteiger partial charge < -0.3 is 18.9 Å². The molecular formula is C25H25ClN2O5. The molecule has 0 fully saturated rings. The molecule has 1 amide bonds. The molecule has 3 rings (SSSR count). The lowest BCUT2D eigenvalue weighted by molar-refractivity contribution is 0.0954.